The fourth-order valence-electron chi connectivity index (χ4n) is 1.95. The Balaban J connectivity index is 2.32. The van der Waals surface area contributed by atoms with E-state index in [-0.39, 0.29) is 12.1 Å². The van der Waals surface area contributed by atoms with Crippen LogP contribution >= 0.6 is 0 Å². The number of rotatable bonds is 7. The van der Waals surface area contributed by atoms with Crippen LogP contribution in [-0.2, 0) is 17.8 Å². The molecule has 0 aliphatic heterocycles. The molecule has 0 bridgehead atoms. The molecule has 0 saturated carbocycles. The number of nitrogens with zero attached hydrogens (tertiary/aromatic N) is 1. The van der Waals surface area contributed by atoms with Gasteiger partial charge in [0.25, 0.3) is 0 Å². The van der Waals surface area contributed by atoms with Gasteiger partial charge in [-0.1, -0.05) is 6.92 Å². The van der Waals surface area contributed by atoms with Gasteiger partial charge in [-0.2, -0.15) is 0 Å². The lowest BCUT2D eigenvalue weighted by Crippen LogP contribution is -2.43. The molecule has 0 saturated heterocycles. The van der Waals surface area contributed by atoms with E-state index < -0.39 is 5.60 Å². The number of hydrogen-bond acceptors (Lipinski definition) is 3. The molecule has 120 valence electrons. The molecule has 1 atom stereocenters. The zero-order valence-electron chi connectivity index (χ0n) is 13.9. The van der Waals surface area contributed by atoms with Gasteiger partial charge >= 0.3 is 6.09 Å². The van der Waals surface area contributed by atoms with E-state index in [1.807, 2.05) is 20.8 Å². The van der Waals surface area contributed by atoms with Crippen LogP contribution in [0.3, 0.4) is 0 Å². The molecule has 21 heavy (non-hydrogen) atoms. The normalized spacial score (nSPS) is 13.0. The molecule has 0 fully saturated rings. The molecular formula is C16H29N3O2. The van der Waals surface area contributed by atoms with Crippen LogP contribution in [0.25, 0.3) is 0 Å². The third kappa shape index (κ3) is 7.18. The molecular weight excluding hydrogens is 266 g/mol. The fraction of sp³-hybridized carbons (Fsp3) is 0.688. The molecule has 2 N–H and O–H groups in total. The van der Waals surface area contributed by atoms with Gasteiger partial charge in [0.15, 0.2) is 0 Å². The van der Waals surface area contributed by atoms with Crippen molar-refractivity contribution in [1.82, 2.24) is 15.2 Å². The molecule has 0 aromatic carbocycles. The first-order chi connectivity index (χ1) is 9.84. The molecule has 1 aromatic rings. The van der Waals surface area contributed by atoms with Gasteiger partial charge in [0, 0.05) is 38.1 Å². The second kappa shape index (κ2) is 8.08. The molecule has 1 rings (SSSR count). The summed E-state index contributed by atoms with van der Waals surface area (Å²) in [6, 6.07) is 2.19. The van der Waals surface area contributed by atoms with Gasteiger partial charge in [-0.3, -0.25) is 0 Å². The summed E-state index contributed by atoms with van der Waals surface area (Å²) in [6.07, 6.45) is 4.72. The predicted molar refractivity (Wildman–Crippen MR) is 85.3 cm³/mol. The van der Waals surface area contributed by atoms with Crippen molar-refractivity contribution < 1.29 is 9.53 Å². The maximum absolute atomic E-state index is 11.7. The van der Waals surface area contributed by atoms with Gasteiger partial charge in [0.2, 0.25) is 0 Å². The SMILES string of the molecule is CCC(CNCc1ccn(CC)c1)NC(=O)OC(C)(C)C. The van der Waals surface area contributed by atoms with Crippen LogP contribution < -0.4 is 10.6 Å². The molecule has 5 heteroatoms. The van der Waals surface area contributed by atoms with Crippen molar-refractivity contribution in [3.8, 4) is 0 Å². The third-order valence-electron chi connectivity index (χ3n) is 3.11. The molecule has 1 heterocycles. The van der Waals surface area contributed by atoms with E-state index in [1.165, 1.54) is 5.56 Å². The van der Waals surface area contributed by atoms with Gasteiger partial charge in [-0.15, -0.1) is 0 Å². The van der Waals surface area contributed by atoms with E-state index in [2.05, 4.69) is 47.5 Å². The number of aryl methyl sites for hydroxylation is 1. The Hall–Kier alpha value is -1.49. The van der Waals surface area contributed by atoms with E-state index in [4.69, 9.17) is 4.74 Å². The average Bonchev–Trinajstić information content (AvgIpc) is 2.83. The highest BCUT2D eigenvalue weighted by Gasteiger charge is 2.18. The van der Waals surface area contributed by atoms with Gasteiger partial charge in [0.1, 0.15) is 5.60 Å². The summed E-state index contributed by atoms with van der Waals surface area (Å²) in [7, 11) is 0. The van der Waals surface area contributed by atoms with Crippen molar-refractivity contribution in [2.24, 2.45) is 0 Å². The standard InChI is InChI=1S/C16H29N3O2/c1-6-14(18-15(20)21-16(3,4)5)11-17-10-13-8-9-19(7-2)12-13/h8-9,12,14,17H,6-7,10-11H2,1-5H3,(H,18,20). The Morgan fingerprint density at radius 1 is 1.38 bits per heavy atom. The van der Waals surface area contributed by atoms with Crippen molar-refractivity contribution in [2.45, 2.75) is 65.8 Å². The van der Waals surface area contributed by atoms with Crippen LogP contribution in [0.5, 0.6) is 0 Å². The minimum atomic E-state index is -0.459. The van der Waals surface area contributed by atoms with Crippen LogP contribution in [0.2, 0.25) is 0 Å². The Kier molecular flexibility index (Phi) is 6.75. The average molecular weight is 295 g/mol. The van der Waals surface area contributed by atoms with Gasteiger partial charge in [0.05, 0.1) is 0 Å². The Bertz CT molecular complexity index is 435. The number of carbonyl (C=O) groups is 1. The molecule has 1 aromatic heterocycles. The zero-order chi connectivity index (χ0) is 15.9. The largest absolute Gasteiger partial charge is 0.444 e. The van der Waals surface area contributed by atoms with E-state index in [0.717, 1.165) is 26.1 Å². The molecule has 0 radical (unpaired) electrons. The number of nitrogens with one attached hydrogen (secondary N) is 2. The van der Waals surface area contributed by atoms with E-state index in [1.54, 1.807) is 0 Å². The van der Waals surface area contributed by atoms with Crippen molar-refractivity contribution in [1.29, 1.82) is 0 Å². The van der Waals surface area contributed by atoms with Crippen LogP contribution in [0.4, 0.5) is 4.79 Å². The van der Waals surface area contributed by atoms with Crippen LogP contribution in [0.1, 0.15) is 46.6 Å². The summed E-state index contributed by atoms with van der Waals surface area (Å²) < 4.78 is 7.42. The second-order valence-corrected chi connectivity index (χ2v) is 6.23. The molecule has 1 unspecified atom stereocenters. The lowest BCUT2D eigenvalue weighted by atomic mass is 10.2. The quantitative estimate of drug-likeness (QED) is 0.813. The lowest BCUT2D eigenvalue weighted by Gasteiger charge is -2.23. The van der Waals surface area contributed by atoms with E-state index in [0.29, 0.717) is 0 Å². The number of alkyl carbamates (subject to hydrolysis) is 1. The van der Waals surface area contributed by atoms with Crippen LogP contribution in [0.15, 0.2) is 18.5 Å². The van der Waals surface area contributed by atoms with Crippen molar-refractivity contribution in [3.05, 3.63) is 24.0 Å². The summed E-state index contributed by atoms with van der Waals surface area (Å²) in [6.45, 7) is 12.3. The molecule has 1 amide bonds. The smallest absolute Gasteiger partial charge is 0.407 e. The Labute approximate surface area is 128 Å². The first-order valence-electron chi connectivity index (χ1n) is 7.69. The fourth-order valence-corrected chi connectivity index (χ4v) is 1.95. The third-order valence-corrected chi connectivity index (χ3v) is 3.11. The number of amides is 1. The molecule has 0 spiro atoms. The first kappa shape index (κ1) is 17.6. The number of aromatic nitrogens is 1. The zero-order valence-corrected chi connectivity index (χ0v) is 13.9. The first-order valence-corrected chi connectivity index (χ1v) is 7.69. The highest BCUT2D eigenvalue weighted by Crippen LogP contribution is 2.07. The summed E-state index contributed by atoms with van der Waals surface area (Å²) in [5.41, 5.74) is 0.794. The van der Waals surface area contributed by atoms with Crippen LogP contribution in [0, 0.1) is 0 Å². The van der Waals surface area contributed by atoms with Crippen molar-refractivity contribution in [3.63, 3.8) is 0 Å². The van der Waals surface area contributed by atoms with Crippen molar-refractivity contribution >= 4 is 6.09 Å². The Morgan fingerprint density at radius 3 is 2.62 bits per heavy atom. The summed E-state index contributed by atoms with van der Waals surface area (Å²) in [5, 5.41) is 6.27. The number of carbonyl (C=O) groups excluding carboxylic acids is 1. The summed E-state index contributed by atoms with van der Waals surface area (Å²) >= 11 is 0. The van der Waals surface area contributed by atoms with Gasteiger partial charge < -0.3 is 19.9 Å². The molecule has 0 aliphatic carbocycles. The maximum atomic E-state index is 11.7. The highest BCUT2D eigenvalue weighted by atomic mass is 16.6. The highest BCUT2D eigenvalue weighted by molar-refractivity contribution is 5.68. The van der Waals surface area contributed by atoms with Gasteiger partial charge in [-0.25, -0.2) is 4.79 Å². The Morgan fingerprint density at radius 2 is 2.10 bits per heavy atom. The molecule has 5 nitrogen and oxygen atoms in total. The summed E-state index contributed by atoms with van der Waals surface area (Å²) in [4.78, 5) is 11.7. The van der Waals surface area contributed by atoms with E-state index in [9.17, 15) is 4.79 Å². The molecule has 0 aliphatic rings. The minimum absolute atomic E-state index is 0.0770. The van der Waals surface area contributed by atoms with Gasteiger partial charge in [-0.05, 0) is 45.7 Å². The second-order valence-electron chi connectivity index (χ2n) is 6.23. The topological polar surface area (TPSA) is 55.3 Å². The maximum Gasteiger partial charge on any atom is 0.407 e. The number of hydrogen-bond donors (Lipinski definition) is 2. The van der Waals surface area contributed by atoms with E-state index >= 15 is 0 Å². The summed E-state index contributed by atoms with van der Waals surface area (Å²) in [5.74, 6) is 0. The monoisotopic (exact) mass is 295 g/mol. The predicted octanol–water partition coefficient (Wildman–Crippen LogP) is 2.90. The van der Waals surface area contributed by atoms with Crippen molar-refractivity contribution in [2.75, 3.05) is 6.54 Å². The van der Waals surface area contributed by atoms with Crippen LogP contribution in [-0.4, -0.2) is 28.8 Å². The minimum Gasteiger partial charge on any atom is -0.444 e. The number of ether oxygens (including phenoxy) is 1. The lowest BCUT2D eigenvalue weighted by molar-refractivity contribution is 0.0502.